The monoisotopic (exact) mass is 544 g/mol. The lowest BCUT2D eigenvalue weighted by atomic mass is 9.94. The van der Waals surface area contributed by atoms with Gasteiger partial charge in [-0.15, -0.1) is 0 Å². The van der Waals surface area contributed by atoms with Gasteiger partial charge < -0.3 is 19.9 Å². The molecule has 0 aromatic heterocycles. The first kappa shape index (κ1) is 27.7. The summed E-state index contributed by atoms with van der Waals surface area (Å²) in [5, 5.41) is 3.06. The Labute approximate surface area is 237 Å². The Hall–Kier alpha value is -3.81. The van der Waals surface area contributed by atoms with Crippen molar-refractivity contribution >= 4 is 17.8 Å². The Bertz CT molecular complexity index is 1280. The summed E-state index contributed by atoms with van der Waals surface area (Å²) >= 11 is 0. The number of nitrogens with one attached hydrogen (secondary N) is 1. The molecule has 40 heavy (non-hydrogen) atoms. The number of para-hydroxylation sites is 1. The van der Waals surface area contributed by atoms with Crippen molar-refractivity contribution in [3.05, 3.63) is 71.4 Å². The number of urea groups is 1. The van der Waals surface area contributed by atoms with Crippen LogP contribution in [0.2, 0.25) is 0 Å². The van der Waals surface area contributed by atoms with Crippen LogP contribution >= 0.6 is 0 Å². The van der Waals surface area contributed by atoms with E-state index in [1.165, 1.54) is 0 Å². The largest absolute Gasteiger partial charge is 0.457 e. The van der Waals surface area contributed by atoms with Gasteiger partial charge >= 0.3 is 6.03 Å². The van der Waals surface area contributed by atoms with Crippen molar-refractivity contribution in [1.29, 1.82) is 0 Å². The number of likely N-dealkylation sites (N-methyl/N-ethyl adjacent to an activating group) is 1. The maximum Gasteiger partial charge on any atom is 0.322 e. The molecule has 1 fully saturated rings. The Morgan fingerprint density at radius 2 is 1.73 bits per heavy atom. The molecule has 1 saturated heterocycles. The first-order chi connectivity index (χ1) is 19.3. The van der Waals surface area contributed by atoms with E-state index in [9.17, 15) is 14.4 Å². The summed E-state index contributed by atoms with van der Waals surface area (Å²) in [6.45, 7) is 10.4. The molecule has 1 N–H and O–H groups in total. The lowest BCUT2D eigenvalue weighted by Crippen LogP contribution is -2.52. The quantitative estimate of drug-likeness (QED) is 0.487. The van der Waals surface area contributed by atoms with Crippen LogP contribution in [-0.2, 0) is 9.59 Å². The van der Waals surface area contributed by atoms with Crippen molar-refractivity contribution in [2.24, 2.45) is 11.8 Å². The molecule has 2 aromatic carbocycles. The molecule has 8 nitrogen and oxygen atoms in total. The number of nitrogens with zero attached hydrogens (tertiary/aromatic N) is 3. The summed E-state index contributed by atoms with van der Waals surface area (Å²) in [5.41, 5.74) is 1.98. The Balaban J connectivity index is 1.46. The summed E-state index contributed by atoms with van der Waals surface area (Å²) in [6, 6.07) is 15.5. The molecule has 4 amide bonds. The summed E-state index contributed by atoms with van der Waals surface area (Å²) in [7, 11) is 0. The molecule has 2 aromatic rings. The van der Waals surface area contributed by atoms with E-state index in [1.54, 1.807) is 9.80 Å². The number of amides is 4. The smallest absolute Gasteiger partial charge is 0.322 e. The SMILES string of the molecule is CCN1C(=O)N[C@H](c2cccc(Oc3ccccc3)c2)C2=C1CN([C@@H](CC(C)C)C(=O)N1CCC(C)CC1)C2=O. The highest BCUT2D eigenvalue weighted by molar-refractivity contribution is 6.03. The van der Waals surface area contributed by atoms with Gasteiger partial charge in [-0.2, -0.15) is 0 Å². The van der Waals surface area contributed by atoms with Gasteiger partial charge in [0.05, 0.1) is 23.9 Å². The van der Waals surface area contributed by atoms with Crippen LogP contribution in [0, 0.1) is 11.8 Å². The molecular formula is C32H40N4O4. The lowest BCUT2D eigenvalue weighted by Gasteiger charge is -2.37. The van der Waals surface area contributed by atoms with Gasteiger partial charge in [-0.25, -0.2) is 4.79 Å². The molecule has 3 aliphatic rings. The van der Waals surface area contributed by atoms with Crippen LogP contribution in [0.4, 0.5) is 4.79 Å². The van der Waals surface area contributed by atoms with Crippen LogP contribution < -0.4 is 10.1 Å². The van der Waals surface area contributed by atoms with Crippen molar-refractivity contribution in [1.82, 2.24) is 20.0 Å². The number of piperidine rings is 1. The minimum atomic E-state index is -0.632. The topological polar surface area (TPSA) is 82.2 Å². The van der Waals surface area contributed by atoms with Crippen LogP contribution in [0.1, 0.15) is 58.6 Å². The van der Waals surface area contributed by atoms with Crippen LogP contribution in [0.3, 0.4) is 0 Å². The highest BCUT2D eigenvalue weighted by atomic mass is 16.5. The number of benzene rings is 2. The fourth-order valence-corrected chi connectivity index (χ4v) is 5.98. The highest BCUT2D eigenvalue weighted by Crippen LogP contribution is 2.39. The number of hydrogen-bond acceptors (Lipinski definition) is 4. The lowest BCUT2D eigenvalue weighted by molar-refractivity contribution is -0.144. The van der Waals surface area contributed by atoms with E-state index in [1.807, 2.05) is 66.4 Å². The second kappa shape index (κ2) is 11.7. The Morgan fingerprint density at radius 1 is 1.02 bits per heavy atom. The maximum absolute atomic E-state index is 14.2. The molecule has 8 heteroatoms. The molecule has 0 unspecified atom stereocenters. The number of hydrogen-bond donors (Lipinski definition) is 1. The second-order valence-electron chi connectivity index (χ2n) is 11.6. The van der Waals surface area contributed by atoms with E-state index < -0.39 is 12.1 Å². The second-order valence-corrected chi connectivity index (χ2v) is 11.6. The van der Waals surface area contributed by atoms with Crippen molar-refractivity contribution in [2.75, 3.05) is 26.2 Å². The van der Waals surface area contributed by atoms with Gasteiger partial charge in [0.25, 0.3) is 5.91 Å². The minimum Gasteiger partial charge on any atom is -0.457 e. The van der Waals surface area contributed by atoms with Crippen molar-refractivity contribution in [2.45, 2.75) is 59.0 Å². The van der Waals surface area contributed by atoms with Gasteiger partial charge in [0.15, 0.2) is 0 Å². The molecule has 0 spiro atoms. The van der Waals surface area contributed by atoms with Crippen molar-refractivity contribution < 1.29 is 19.1 Å². The molecule has 2 atom stereocenters. The first-order valence-electron chi connectivity index (χ1n) is 14.5. The standard InChI is InChI=1S/C32H40N4O4/c1-5-35-27-20-36(26(18-21(2)3)30(37)34-16-14-22(4)15-17-34)31(38)28(27)29(33-32(35)39)23-10-9-13-25(19-23)40-24-11-7-6-8-12-24/h6-13,19,21-22,26,29H,5,14-18,20H2,1-4H3,(H,33,39)/t26-,29+/m0/s1. The fourth-order valence-electron chi connectivity index (χ4n) is 5.98. The number of likely N-dealkylation sites (tertiary alicyclic amines) is 1. The first-order valence-corrected chi connectivity index (χ1v) is 14.5. The van der Waals surface area contributed by atoms with Crippen molar-refractivity contribution in [3.63, 3.8) is 0 Å². The number of carbonyl (C=O) groups excluding carboxylic acids is 3. The average molecular weight is 545 g/mol. The third kappa shape index (κ3) is 5.58. The summed E-state index contributed by atoms with van der Waals surface area (Å²) in [6.07, 6.45) is 2.54. The molecule has 5 rings (SSSR count). The average Bonchev–Trinajstić information content (AvgIpc) is 3.28. The van der Waals surface area contributed by atoms with E-state index in [0.717, 1.165) is 31.5 Å². The van der Waals surface area contributed by atoms with Gasteiger partial charge in [0.2, 0.25) is 5.91 Å². The van der Waals surface area contributed by atoms with Crippen LogP contribution in [0.15, 0.2) is 65.9 Å². The van der Waals surface area contributed by atoms with Gasteiger partial charge in [-0.3, -0.25) is 14.5 Å². The minimum absolute atomic E-state index is 0.0194. The van der Waals surface area contributed by atoms with E-state index in [2.05, 4.69) is 26.1 Å². The van der Waals surface area contributed by atoms with Crippen LogP contribution in [0.25, 0.3) is 0 Å². The normalized spacial score (nSPS) is 20.6. The van der Waals surface area contributed by atoms with Crippen LogP contribution in [-0.4, -0.2) is 64.8 Å². The van der Waals surface area contributed by atoms with Gasteiger partial charge in [-0.1, -0.05) is 51.1 Å². The number of ether oxygens (including phenoxy) is 1. The molecule has 3 heterocycles. The maximum atomic E-state index is 14.2. The van der Waals surface area contributed by atoms with Crippen LogP contribution in [0.5, 0.6) is 11.5 Å². The molecule has 0 saturated carbocycles. The van der Waals surface area contributed by atoms with E-state index in [-0.39, 0.29) is 30.3 Å². The van der Waals surface area contributed by atoms with E-state index in [0.29, 0.717) is 41.7 Å². The molecular weight excluding hydrogens is 504 g/mol. The fraction of sp³-hybridized carbons (Fsp3) is 0.469. The zero-order valence-electron chi connectivity index (χ0n) is 23.9. The molecule has 3 aliphatic heterocycles. The van der Waals surface area contributed by atoms with Gasteiger partial charge in [0, 0.05) is 19.6 Å². The van der Waals surface area contributed by atoms with Gasteiger partial charge in [-0.05, 0) is 67.9 Å². The Morgan fingerprint density at radius 3 is 2.40 bits per heavy atom. The third-order valence-electron chi connectivity index (χ3n) is 8.19. The van der Waals surface area contributed by atoms with E-state index in [4.69, 9.17) is 4.74 Å². The Kier molecular flexibility index (Phi) is 8.14. The third-order valence-corrected chi connectivity index (χ3v) is 8.19. The summed E-state index contributed by atoms with van der Waals surface area (Å²) < 4.78 is 6.04. The van der Waals surface area contributed by atoms with E-state index >= 15 is 0 Å². The highest BCUT2D eigenvalue weighted by Gasteiger charge is 2.47. The van der Waals surface area contributed by atoms with Crippen molar-refractivity contribution in [3.8, 4) is 11.5 Å². The predicted octanol–water partition coefficient (Wildman–Crippen LogP) is 5.33. The summed E-state index contributed by atoms with van der Waals surface area (Å²) in [4.78, 5) is 46.6. The number of rotatable bonds is 8. The molecule has 0 bridgehead atoms. The molecule has 212 valence electrons. The predicted molar refractivity (Wildman–Crippen MR) is 154 cm³/mol. The molecule has 0 aliphatic carbocycles. The zero-order chi connectivity index (χ0) is 28.4. The molecule has 0 radical (unpaired) electrons. The zero-order valence-corrected chi connectivity index (χ0v) is 23.9. The number of carbonyl (C=O) groups is 3. The summed E-state index contributed by atoms with van der Waals surface area (Å²) in [5.74, 6) is 1.99. The van der Waals surface area contributed by atoms with Gasteiger partial charge in [0.1, 0.15) is 17.5 Å².